The first-order valence-corrected chi connectivity index (χ1v) is 7.97. The van der Waals surface area contributed by atoms with Gasteiger partial charge in [0.1, 0.15) is 11.9 Å². The molecule has 0 amide bonds. The number of hydrogen-bond acceptors (Lipinski definition) is 3. The molecule has 0 saturated heterocycles. The zero-order valence-electron chi connectivity index (χ0n) is 12.6. The Morgan fingerprint density at radius 3 is 2.70 bits per heavy atom. The SMILES string of the molecule is CCc1nc(C)ccc1OC1CC(O)C12CCCCC2. The van der Waals surface area contributed by atoms with Crippen LogP contribution in [0.3, 0.4) is 0 Å². The number of aliphatic hydroxyl groups excluding tert-OH is 1. The van der Waals surface area contributed by atoms with Crippen LogP contribution in [-0.2, 0) is 6.42 Å². The molecule has 3 heteroatoms. The fraction of sp³-hybridized carbons (Fsp3) is 0.706. The molecule has 3 rings (SSSR count). The van der Waals surface area contributed by atoms with Crippen molar-refractivity contribution in [3.8, 4) is 5.75 Å². The van der Waals surface area contributed by atoms with Crippen LogP contribution in [0, 0.1) is 12.3 Å². The topological polar surface area (TPSA) is 42.4 Å². The molecule has 0 aliphatic heterocycles. The summed E-state index contributed by atoms with van der Waals surface area (Å²) < 4.78 is 6.27. The van der Waals surface area contributed by atoms with Gasteiger partial charge in [-0.3, -0.25) is 4.98 Å². The largest absolute Gasteiger partial charge is 0.488 e. The van der Waals surface area contributed by atoms with Crippen molar-refractivity contribution in [3.05, 3.63) is 23.5 Å². The maximum absolute atomic E-state index is 10.2. The first-order chi connectivity index (χ1) is 9.65. The molecule has 1 aromatic heterocycles. The van der Waals surface area contributed by atoms with E-state index in [-0.39, 0.29) is 17.6 Å². The molecule has 2 saturated carbocycles. The monoisotopic (exact) mass is 275 g/mol. The number of nitrogens with zero attached hydrogens (tertiary/aromatic N) is 1. The van der Waals surface area contributed by atoms with Gasteiger partial charge in [-0.2, -0.15) is 0 Å². The third-order valence-corrected chi connectivity index (χ3v) is 5.20. The van der Waals surface area contributed by atoms with E-state index in [2.05, 4.69) is 11.9 Å². The summed E-state index contributed by atoms with van der Waals surface area (Å²) in [6.45, 7) is 4.12. The van der Waals surface area contributed by atoms with Crippen LogP contribution in [-0.4, -0.2) is 22.3 Å². The van der Waals surface area contributed by atoms with Crippen molar-refractivity contribution in [2.75, 3.05) is 0 Å². The second-order valence-electron chi connectivity index (χ2n) is 6.40. The van der Waals surface area contributed by atoms with E-state index in [4.69, 9.17) is 4.74 Å². The van der Waals surface area contributed by atoms with Gasteiger partial charge in [0, 0.05) is 17.5 Å². The highest BCUT2D eigenvalue weighted by molar-refractivity contribution is 5.30. The predicted octanol–water partition coefficient (Wildman–Crippen LogP) is 3.41. The van der Waals surface area contributed by atoms with Crippen LogP contribution in [0.5, 0.6) is 5.75 Å². The number of ether oxygens (including phenoxy) is 1. The molecule has 110 valence electrons. The quantitative estimate of drug-likeness (QED) is 0.919. The highest BCUT2D eigenvalue weighted by atomic mass is 16.5. The molecule has 0 bridgehead atoms. The Labute approximate surface area is 121 Å². The lowest BCUT2D eigenvalue weighted by Gasteiger charge is -2.55. The van der Waals surface area contributed by atoms with Gasteiger partial charge in [-0.05, 0) is 38.3 Å². The molecule has 2 fully saturated rings. The Hall–Kier alpha value is -1.09. The fourth-order valence-corrected chi connectivity index (χ4v) is 3.87. The average molecular weight is 275 g/mol. The maximum atomic E-state index is 10.2. The molecule has 1 aromatic rings. The smallest absolute Gasteiger partial charge is 0.141 e. The van der Waals surface area contributed by atoms with Crippen LogP contribution < -0.4 is 4.74 Å². The van der Waals surface area contributed by atoms with Gasteiger partial charge in [-0.15, -0.1) is 0 Å². The summed E-state index contributed by atoms with van der Waals surface area (Å²) in [7, 11) is 0. The molecule has 2 unspecified atom stereocenters. The molecular weight excluding hydrogens is 250 g/mol. The lowest BCUT2D eigenvalue weighted by Crippen LogP contribution is -2.60. The molecule has 0 aromatic carbocycles. The van der Waals surface area contributed by atoms with Crippen molar-refractivity contribution in [1.29, 1.82) is 0 Å². The van der Waals surface area contributed by atoms with E-state index in [0.717, 1.165) is 42.8 Å². The van der Waals surface area contributed by atoms with E-state index in [1.807, 2.05) is 19.1 Å². The zero-order valence-corrected chi connectivity index (χ0v) is 12.6. The van der Waals surface area contributed by atoms with Gasteiger partial charge < -0.3 is 9.84 Å². The van der Waals surface area contributed by atoms with Crippen LogP contribution in [0.2, 0.25) is 0 Å². The summed E-state index contributed by atoms with van der Waals surface area (Å²) in [5.41, 5.74) is 2.10. The molecule has 2 aliphatic carbocycles. The Balaban J connectivity index is 1.78. The van der Waals surface area contributed by atoms with Gasteiger partial charge in [0.2, 0.25) is 0 Å². The molecule has 1 N–H and O–H groups in total. The van der Waals surface area contributed by atoms with E-state index < -0.39 is 0 Å². The van der Waals surface area contributed by atoms with E-state index in [1.165, 1.54) is 19.3 Å². The fourth-order valence-electron chi connectivity index (χ4n) is 3.87. The van der Waals surface area contributed by atoms with E-state index in [0.29, 0.717) is 0 Å². The zero-order chi connectivity index (χ0) is 14.2. The molecule has 2 aliphatic rings. The summed E-state index contributed by atoms with van der Waals surface area (Å²) in [5.74, 6) is 0.917. The Kier molecular flexibility index (Phi) is 3.72. The van der Waals surface area contributed by atoms with E-state index in [9.17, 15) is 5.11 Å². The Morgan fingerprint density at radius 1 is 1.30 bits per heavy atom. The highest BCUT2D eigenvalue weighted by Gasteiger charge is 2.56. The van der Waals surface area contributed by atoms with Crippen molar-refractivity contribution >= 4 is 0 Å². The lowest BCUT2D eigenvalue weighted by molar-refractivity contribution is -0.172. The van der Waals surface area contributed by atoms with Gasteiger partial charge >= 0.3 is 0 Å². The van der Waals surface area contributed by atoms with E-state index >= 15 is 0 Å². The van der Waals surface area contributed by atoms with Crippen molar-refractivity contribution in [3.63, 3.8) is 0 Å². The summed E-state index contributed by atoms with van der Waals surface area (Å²) >= 11 is 0. The van der Waals surface area contributed by atoms with Gasteiger partial charge in [0.15, 0.2) is 0 Å². The van der Waals surface area contributed by atoms with Crippen molar-refractivity contribution < 1.29 is 9.84 Å². The minimum atomic E-state index is -0.170. The minimum Gasteiger partial charge on any atom is -0.488 e. The van der Waals surface area contributed by atoms with Gasteiger partial charge in [0.25, 0.3) is 0 Å². The molecule has 0 radical (unpaired) electrons. The molecule has 3 nitrogen and oxygen atoms in total. The number of rotatable bonds is 3. The van der Waals surface area contributed by atoms with Crippen molar-refractivity contribution in [2.45, 2.75) is 71.0 Å². The number of pyridine rings is 1. The van der Waals surface area contributed by atoms with Crippen molar-refractivity contribution in [1.82, 2.24) is 4.98 Å². The van der Waals surface area contributed by atoms with Crippen LogP contribution in [0.1, 0.15) is 56.8 Å². The van der Waals surface area contributed by atoms with Crippen LogP contribution in [0.4, 0.5) is 0 Å². The standard InChI is InChI=1S/C17H25NO2/c1-3-13-14(8-7-12(2)18-13)20-16-11-15(19)17(16)9-5-4-6-10-17/h7-8,15-16,19H,3-6,9-11H2,1-2H3. The Bertz CT molecular complexity index is 480. The normalized spacial score (nSPS) is 28.1. The Morgan fingerprint density at radius 2 is 2.05 bits per heavy atom. The van der Waals surface area contributed by atoms with E-state index in [1.54, 1.807) is 0 Å². The third kappa shape index (κ3) is 2.22. The van der Waals surface area contributed by atoms with Crippen LogP contribution in [0.15, 0.2) is 12.1 Å². The van der Waals surface area contributed by atoms with Gasteiger partial charge in [-0.1, -0.05) is 26.2 Å². The predicted molar refractivity (Wildman–Crippen MR) is 78.9 cm³/mol. The number of aromatic nitrogens is 1. The molecule has 1 spiro atoms. The van der Waals surface area contributed by atoms with Crippen molar-refractivity contribution in [2.24, 2.45) is 5.41 Å². The number of hydrogen-bond donors (Lipinski definition) is 1. The first kappa shape index (κ1) is 13.9. The maximum Gasteiger partial charge on any atom is 0.141 e. The van der Waals surface area contributed by atoms with Crippen LogP contribution in [0.25, 0.3) is 0 Å². The first-order valence-electron chi connectivity index (χ1n) is 7.97. The lowest BCUT2D eigenvalue weighted by atomic mass is 9.56. The molecule has 2 atom stereocenters. The van der Waals surface area contributed by atoms with Crippen LogP contribution >= 0.6 is 0 Å². The number of aliphatic hydroxyl groups is 1. The second kappa shape index (κ2) is 5.36. The second-order valence-corrected chi connectivity index (χ2v) is 6.40. The summed E-state index contributed by atoms with van der Waals surface area (Å²) in [4.78, 5) is 4.57. The number of aryl methyl sites for hydroxylation is 2. The summed E-state index contributed by atoms with van der Waals surface area (Å²) in [6, 6.07) is 4.06. The van der Waals surface area contributed by atoms with Gasteiger partial charge in [0.05, 0.1) is 11.8 Å². The summed E-state index contributed by atoms with van der Waals surface area (Å²) in [5, 5.41) is 10.2. The molecule has 1 heterocycles. The molecule has 20 heavy (non-hydrogen) atoms. The molecular formula is C17H25NO2. The summed E-state index contributed by atoms with van der Waals surface area (Å²) in [6.07, 6.45) is 7.64. The average Bonchev–Trinajstić information content (AvgIpc) is 2.49. The minimum absolute atomic E-state index is 0.0220. The van der Waals surface area contributed by atoms with Gasteiger partial charge in [-0.25, -0.2) is 0 Å². The highest BCUT2D eigenvalue weighted by Crippen LogP contribution is 2.53. The third-order valence-electron chi connectivity index (χ3n) is 5.20.